The van der Waals surface area contributed by atoms with Gasteiger partial charge in [0.05, 0.1) is 11.6 Å². The lowest BCUT2D eigenvalue weighted by Crippen LogP contribution is -2.13. The van der Waals surface area contributed by atoms with Crippen LogP contribution in [0.2, 0.25) is 5.02 Å². The fraction of sp³-hybridized carbons (Fsp3) is 0.125. The molecule has 0 aliphatic rings. The molecule has 0 heterocycles. The highest BCUT2D eigenvalue weighted by Gasteiger charge is 2.24. The predicted octanol–water partition coefficient (Wildman–Crippen LogP) is 4.28. The summed E-state index contributed by atoms with van der Waals surface area (Å²) in [5, 5.41) is 9.44. The molecule has 2 nitrogen and oxygen atoms in total. The highest BCUT2D eigenvalue weighted by atomic mass is 35.5. The fourth-order valence-corrected chi connectivity index (χ4v) is 2.14. The van der Waals surface area contributed by atoms with E-state index in [4.69, 9.17) is 11.6 Å². The molecule has 100 valence electrons. The van der Waals surface area contributed by atoms with Crippen molar-refractivity contribution in [2.75, 3.05) is 0 Å². The molecular weight excluding hydrogens is 277 g/mol. The minimum absolute atomic E-state index is 0.123. The van der Waals surface area contributed by atoms with Crippen LogP contribution >= 0.6 is 11.6 Å². The molecule has 2 aromatic carbocycles. The number of Topliss-reactive ketones (excluding diaryl/α,β-unsaturated/α-hetero) is 1. The summed E-state index contributed by atoms with van der Waals surface area (Å²) in [6.45, 7) is 1.87. The molecular formula is C16H11ClFNO. The van der Waals surface area contributed by atoms with Gasteiger partial charge in [0.15, 0.2) is 5.78 Å². The number of ketones is 1. The molecule has 0 spiro atoms. The van der Waals surface area contributed by atoms with Crippen molar-refractivity contribution in [1.82, 2.24) is 0 Å². The zero-order chi connectivity index (χ0) is 14.7. The molecule has 20 heavy (non-hydrogen) atoms. The molecule has 4 heteroatoms. The Labute approximate surface area is 121 Å². The molecule has 0 saturated heterocycles. The maximum absolute atomic E-state index is 13.8. The van der Waals surface area contributed by atoms with Gasteiger partial charge in [-0.05, 0) is 30.7 Å². The van der Waals surface area contributed by atoms with Crippen molar-refractivity contribution < 1.29 is 9.18 Å². The van der Waals surface area contributed by atoms with Gasteiger partial charge >= 0.3 is 0 Å². The van der Waals surface area contributed by atoms with Crippen LogP contribution in [-0.2, 0) is 0 Å². The second kappa shape index (κ2) is 5.85. The Kier molecular flexibility index (Phi) is 4.16. The number of nitriles is 1. The standard InChI is InChI=1S/C16H11ClFNO/c1-10-3-2-4-11(7-10)14(9-19)16(20)13-6-5-12(17)8-15(13)18/h2-8,14H,1H3. The van der Waals surface area contributed by atoms with Crippen LogP contribution in [0.25, 0.3) is 0 Å². The third-order valence-corrected chi connectivity index (χ3v) is 3.20. The molecule has 1 atom stereocenters. The molecule has 2 aromatic rings. The average Bonchev–Trinajstić information content (AvgIpc) is 2.39. The van der Waals surface area contributed by atoms with Gasteiger partial charge in [0.25, 0.3) is 0 Å². The first kappa shape index (κ1) is 14.2. The highest BCUT2D eigenvalue weighted by molar-refractivity contribution is 6.30. The summed E-state index contributed by atoms with van der Waals surface area (Å²) in [6.07, 6.45) is 0. The summed E-state index contributed by atoms with van der Waals surface area (Å²) in [6, 6.07) is 12.8. The molecule has 2 rings (SSSR count). The second-order valence-electron chi connectivity index (χ2n) is 4.46. The van der Waals surface area contributed by atoms with Gasteiger partial charge in [-0.2, -0.15) is 5.26 Å². The molecule has 0 aliphatic heterocycles. The maximum atomic E-state index is 13.8. The summed E-state index contributed by atoms with van der Waals surface area (Å²) >= 11 is 5.66. The predicted molar refractivity (Wildman–Crippen MR) is 75.3 cm³/mol. The molecule has 0 saturated carbocycles. The van der Waals surface area contributed by atoms with Crippen molar-refractivity contribution in [3.8, 4) is 6.07 Å². The molecule has 0 aliphatic carbocycles. The van der Waals surface area contributed by atoms with Gasteiger partial charge in [-0.15, -0.1) is 0 Å². The number of aryl methyl sites for hydroxylation is 1. The summed E-state index contributed by atoms with van der Waals surface area (Å²) < 4.78 is 13.8. The quantitative estimate of drug-likeness (QED) is 0.791. The Morgan fingerprint density at radius 2 is 2.05 bits per heavy atom. The van der Waals surface area contributed by atoms with Crippen LogP contribution in [0.1, 0.15) is 27.4 Å². The number of carbonyl (C=O) groups is 1. The van der Waals surface area contributed by atoms with Crippen molar-refractivity contribution in [3.63, 3.8) is 0 Å². The molecule has 0 amide bonds. The highest BCUT2D eigenvalue weighted by Crippen LogP contribution is 2.24. The first-order chi connectivity index (χ1) is 9.52. The molecule has 0 fully saturated rings. The minimum Gasteiger partial charge on any atom is -0.292 e. The van der Waals surface area contributed by atoms with Crippen molar-refractivity contribution in [2.45, 2.75) is 12.8 Å². The third-order valence-electron chi connectivity index (χ3n) is 2.96. The smallest absolute Gasteiger partial charge is 0.187 e. The van der Waals surface area contributed by atoms with Gasteiger partial charge in [0, 0.05) is 5.02 Å². The zero-order valence-electron chi connectivity index (χ0n) is 10.7. The number of benzene rings is 2. The van der Waals surface area contributed by atoms with Crippen LogP contribution in [0, 0.1) is 24.1 Å². The van der Waals surface area contributed by atoms with Gasteiger partial charge in [-0.1, -0.05) is 41.4 Å². The lowest BCUT2D eigenvalue weighted by Gasteiger charge is -2.10. The number of carbonyl (C=O) groups excluding carboxylic acids is 1. The first-order valence-corrected chi connectivity index (χ1v) is 6.36. The van der Waals surface area contributed by atoms with Crippen LogP contribution in [0.4, 0.5) is 4.39 Å². The van der Waals surface area contributed by atoms with E-state index in [-0.39, 0.29) is 10.6 Å². The molecule has 0 radical (unpaired) electrons. The van der Waals surface area contributed by atoms with E-state index in [0.29, 0.717) is 5.56 Å². The largest absolute Gasteiger partial charge is 0.292 e. The molecule has 0 N–H and O–H groups in total. The molecule has 1 unspecified atom stereocenters. The van der Waals surface area contributed by atoms with Crippen molar-refractivity contribution in [1.29, 1.82) is 5.26 Å². The summed E-state index contributed by atoms with van der Waals surface area (Å²) in [5.74, 6) is -2.30. The van der Waals surface area contributed by atoms with E-state index in [0.717, 1.165) is 11.6 Å². The van der Waals surface area contributed by atoms with Crippen LogP contribution < -0.4 is 0 Å². The zero-order valence-corrected chi connectivity index (χ0v) is 11.5. The number of nitrogens with zero attached hydrogens (tertiary/aromatic N) is 1. The monoisotopic (exact) mass is 287 g/mol. The third kappa shape index (κ3) is 2.87. The van der Waals surface area contributed by atoms with Crippen LogP contribution in [0.3, 0.4) is 0 Å². The van der Waals surface area contributed by atoms with Crippen LogP contribution in [0.15, 0.2) is 42.5 Å². The van der Waals surface area contributed by atoms with Gasteiger partial charge in [0.1, 0.15) is 11.7 Å². The van der Waals surface area contributed by atoms with Gasteiger partial charge in [-0.25, -0.2) is 4.39 Å². The van der Waals surface area contributed by atoms with Crippen molar-refractivity contribution >= 4 is 17.4 Å². The average molecular weight is 288 g/mol. The molecule has 0 aromatic heterocycles. The Balaban J connectivity index is 2.42. The lowest BCUT2D eigenvalue weighted by atomic mass is 9.91. The Bertz CT molecular complexity index is 706. The SMILES string of the molecule is Cc1cccc(C(C#N)C(=O)c2ccc(Cl)cc2F)c1. The summed E-state index contributed by atoms with van der Waals surface area (Å²) in [4.78, 5) is 12.3. The topological polar surface area (TPSA) is 40.9 Å². The van der Waals surface area contributed by atoms with E-state index < -0.39 is 17.5 Å². The van der Waals surface area contributed by atoms with Gasteiger partial charge in [0.2, 0.25) is 0 Å². The Morgan fingerprint density at radius 3 is 2.65 bits per heavy atom. The fourth-order valence-electron chi connectivity index (χ4n) is 1.98. The van der Waals surface area contributed by atoms with Gasteiger partial charge in [-0.3, -0.25) is 4.79 Å². The summed E-state index contributed by atoms with van der Waals surface area (Å²) in [7, 11) is 0. The number of rotatable bonds is 3. The van der Waals surface area contributed by atoms with E-state index in [1.807, 2.05) is 19.1 Å². The van der Waals surface area contributed by atoms with Crippen molar-refractivity contribution in [2.24, 2.45) is 0 Å². The summed E-state index contributed by atoms with van der Waals surface area (Å²) in [5.41, 5.74) is 1.38. The van der Waals surface area contributed by atoms with Gasteiger partial charge < -0.3 is 0 Å². The van der Waals surface area contributed by atoms with Crippen molar-refractivity contribution in [3.05, 3.63) is 70.0 Å². The first-order valence-electron chi connectivity index (χ1n) is 5.98. The van der Waals surface area contributed by atoms with E-state index in [1.54, 1.807) is 18.2 Å². The second-order valence-corrected chi connectivity index (χ2v) is 4.90. The van der Waals surface area contributed by atoms with Crippen LogP contribution in [0.5, 0.6) is 0 Å². The van der Waals surface area contributed by atoms with E-state index in [1.165, 1.54) is 12.1 Å². The minimum atomic E-state index is -1.02. The molecule has 0 bridgehead atoms. The Hall–Kier alpha value is -2.18. The normalized spacial score (nSPS) is 11.7. The number of halogens is 2. The maximum Gasteiger partial charge on any atom is 0.187 e. The van der Waals surface area contributed by atoms with E-state index in [9.17, 15) is 14.4 Å². The Morgan fingerprint density at radius 1 is 1.30 bits per heavy atom. The number of hydrogen-bond acceptors (Lipinski definition) is 2. The number of hydrogen-bond donors (Lipinski definition) is 0. The lowest BCUT2D eigenvalue weighted by molar-refractivity contribution is 0.0975. The van der Waals surface area contributed by atoms with Crippen LogP contribution in [-0.4, -0.2) is 5.78 Å². The van der Waals surface area contributed by atoms with E-state index >= 15 is 0 Å². The van der Waals surface area contributed by atoms with E-state index in [2.05, 4.69) is 0 Å².